The number of halogens is 2. The predicted octanol–water partition coefficient (Wildman–Crippen LogP) is 2.78. The molecule has 0 N–H and O–H groups in total. The molecule has 0 aliphatic heterocycles. The van der Waals surface area contributed by atoms with Crippen molar-refractivity contribution in [2.45, 2.75) is 58.0 Å². The van der Waals surface area contributed by atoms with Gasteiger partial charge in [-0.25, -0.2) is 0 Å². The molecule has 0 fully saturated rings. The second-order valence-corrected chi connectivity index (χ2v) is 27.2. The number of allylic oxidation sites excluding steroid dienone is 10. The van der Waals surface area contributed by atoms with E-state index in [0.717, 1.165) is 0 Å². The number of benzene rings is 2. The molecule has 37 heavy (non-hydrogen) atoms. The molecule has 0 nitrogen and oxygen atoms in total. The van der Waals surface area contributed by atoms with Gasteiger partial charge in [-0.05, 0) is 0 Å². The first-order chi connectivity index (χ1) is 17.1. The molecule has 0 aromatic heterocycles. The Morgan fingerprint density at radius 1 is 0.757 bits per heavy atom. The molecule has 0 saturated heterocycles. The summed E-state index contributed by atoms with van der Waals surface area (Å²) in [5.74, 6) is 0.895. The van der Waals surface area contributed by atoms with Crippen molar-refractivity contribution < 1.29 is 45.2 Å². The van der Waals surface area contributed by atoms with E-state index >= 15 is 0 Å². The number of rotatable bonds is 5. The molecule has 0 amide bonds. The van der Waals surface area contributed by atoms with Crippen LogP contribution in [0.4, 0.5) is 0 Å². The fraction of sp³-hybridized carbons (Fsp3) is 0.273. The second kappa shape index (κ2) is 11.7. The molecule has 2 aromatic carbocycles. The largest absolute Gasteiger partial charge is 1.00 e. The molecule has 0 heterocycles. The molecule has 2 aromatic rings. The van der Waals surface area contributed by atoms with Crippen LogP contribution < -0.4 is 24.8 Å². The molecule has 0 spiro atoms. The van der Waals surface area contributed by atoms with Gasteiger partial charge in [0.1, 0.15) is 0 Å². The molecule has 188 valence electrons. The zero-order chi connectivity index (χ0) is 24.1. The molecular formula is C33H34Cl2SiZr. The number of hydrogen-bond donors (Lipinski definition) is 0. The summed E-state index contributed by atoms with van der Waals surface area (Å²) >= 11 is -2.25. The normalized spacial score (nSPS) is 19.4. The van der Waals surface area contributed by atoms with E-state index in [-0.39, 0.29) is 24.8 Å². The second-order valence-electron chi connectivity index (χ2n) is 10.6. The smallest absolute Gasteiger partial charge is 1.00 e. The molecule has 0 radical (unpaired) electrons. The molecule has 4 aliphatic rings. The van der Waals surface area contributed by atoms with Crippen LogP contribution in [-0.4, -0.2) is 5.43 Å². The third-order valence-corrected chi connectivity index (χ3v) is 24.5. The van der Waals surface area contributed by atoms with Crippen LogP contribution in [0.15, 0.2) is 96.2 Å². The maximum Gasteiger partial charge on any atom is -1.00 e. The van der Waals surface area contributed by atoms with E-state index in [1.165, 1.54) is 30.4 Å². The third kappa shape index (κ3) is 4.89. The van der Waals surface area contributed by atoms with Crippen molar-refractivity contribution in [3.8, 4) is 0 Å². The summed E-state index contributed by atoms with van der Waals surface area (Å²) in [4.78, 5) is 0. The summed E-state index contributed by atoms with van der Waals surface area (Å²) in [6, 6.07) is 14.7. The Bertz CT molecular complexity index is 1460. The van der Waals surface area contributed by atoms with Crippen LogP contribution in [0.2, 0.25) is 13.1 Å². The van der Waals surface area contributed by atoms with Gasteiger partial charge in [0.15, 0.2) is 0 Å². The fourth-order valence-electron chi connectivity index (χ4n) is 6.38. The molecule has 4 heteroatoms. The van der Waals surface area contributed by atoms with Gasteiger partial charge in [-0.3, -0.25) is 0 Å². The van der Waals surface area contributed by atoms with Crippen molar-refractivity contribution in [3.05, 3.63) is 130 Å². The van der Waals surface area contributed by atoms with E-state index in [4.69, 9.17) is 0 Å². The Morgan fingerprint density at radius 3 is 1.89 bits per heavy atom. The summed E-state index contributed by atoms with van der Waals surface area (Å²) in [5, 5.41) is 0. The molecule has 2 unspecified atom stereocenters. The zero-order valence-corrected chi connectivity index (χ0v) is 27.1. The van der Waals surface area contributed by atoms with Crippen LogP contribution in [0.1, 0.15) is 65.0 Å². The van der Waals surface area contributed by atoms with E-state index in [0.29, 0.717) is 11.8 Å². The Hall–Kier alpha value is -1.44. The van der Waals surface area contributed by atoms with Gasteiger partial charge >= 0.3 is 220 Å². The minimum Gasteiger partial charge on any atom is -1.00 e. The SMILES string of the molecule is CCCCc1ccc2c(c1)[C]([Zr+2]([C]1=C3C=CC=CC3c3ccc(C)cc31)=[Si](C)C)=C1C=CC=CC12.[Cl-].[Cl-]. The Balaban J connectivity index is 0.00000160. The monoisotopic (exact) mass is 618 g/mol. The predicted molar refractivity (Wildman–Crippen MR) is 150 cm³/mol. The number of aryl methyl sites for hydroxylation is 2. The van der Waals surface area contributed by atoms with Gasteiger partial charge in [-0.1, -0.05) is 0 Å². The van der Waals surface area contributed by atoms with E-state index < -0.39 is 25.8 Å². The van der Waals surface area contributed by atoms with Crippen LogP contribution >= 0.6 is 0 Å². The fourth-order valence-corrected chi connectivity index (χ4v) is 23.7. The molecule has 2 atom stereocenters. The van der Waals surface area contributed by atoms with Crippen molar-refractivity contribution >= 4 is 12.0 Å². The van der Waals surface area contributed by atoms with Crippen molar-refractivity contribution in [2.24, 2.45) is 0 Å². The van der Waals surface area contributed by atoms with Gasteiger partial charge in [0, 0.05) is 0 Å². The molecule has 0 saturated carbocycles. The Morgan fingerprint density at radius 2 is 1.32 bits per heavy atom. The first-order valence-electron chi connectivity index (χ1n) is 13.2. The maximum atomic E-state index is 2.61. The Kier molecular flexibility index (Phi) is 9.07. The average Bonchev–Trinajstić information content (AvgIpc) is 3.36. The summed E-state index contributed by atoms with van der Waals surface area (Å²) in [7, 11) is 0. The van der Waals surface area contributed by atoms with Gasteiger partial charge in [0.25, 0.3) is 0 Å². The van der Waals surface area contributed by atoms with Crippen molar-refractivity contribution in [3.63, 3.8) is 0 Å². The summed E-state index contributed by atoms with van der Waals surface area (Å²) in [6.45, 7) is 9.79. The van der Waals surface area contributed by atoms with Crippen molar-refractivity contribution in [2.75, 3.05) is 0 Å². The summed E-state index contributed by atoms with van der Waals surface area (Å²) in [5.41, 5.74) is 11.9. The molecule has 4 aliphatic carbocycles. The van der Waals surface area contributed by atoms with E-state index in [9.17, 15) is 0 Å². The van der Waals surface area contributed by atoms with Crippen LogP contribution in [0.5, 0.6) is 0 Å². The average molecular weight is 621 g/mol. The van der Waals surface area contributed by atoms with Crippen molar-refractivity contribution in [1.29, 1.82) is 0 Å². The van der Waals surface area contributed by atoms with Gasteiger partial charge < -0.3 is 24.8 Å². The van der Waals surface area contributed by atoms with Crippen LogP contribution in [-0.2, 0) is 26.8 Å². The molecule has 0 bridgehead atoms. The van der Waals surface area contributed by atoms with E-state index in [1.54, 1.807) is 36.7 Å². The standard InChI is InChI=1S/C17H17.C14H11.C2H6Si.2ClH.Zr/c1-2-3-6-13-9-10-17-15(11-13)12-14-7-4-5-8-16(14)17;1-10-6-7-14-12(8-10)9-11-4-2-3-5-13(11)14;1-3-2;;;/h4-5,7-11,16H,2-3,6H2,1H3;2-8,13H,1H3;1-2H3;2*1H;/q;;;;;+2/p-2. The number of hydrogen-bond acceptors (Lipinski definition) is 0. The Labute approximate surface area is 243 Å². The molecular weight excluding hydrogens is 587 g/mol. The van der Waals surface area contributed by atoms with Gasteiger partial charge in [-0.15, -0.1) is 0 Å². The van der Waals surface area contributed by atoms with Crippen LogP contribution in [0, 0.1) is 6.92 Å². The van der Waals surface area contributed by atoms with Gasteiger partial charge in [-0.2, -0.15) is 0 Å². The first-order valence-corrected chi connectivity index (χ1v) is 21.8. The van der Waals surface area contributed by atoms with Crippen LogP contribution in [0.25, 0.3) is 6.56 Å². The van der Waals surface area contributed by atoms with E-state index in [2.05, 4.69) is 112 Å². The molecule has 6 rings (SSSR count). The minimum absolute atomic E-state index is 0. The summed E-state index contributed by atoms with van der Waals surface area (Å²) < 4.78 is 3.61. The number of unbranched alkanes of at least 4 members (excludes halogenated alkanes) is 1. The van der Waals surface area contributed by atoms with E-state index in [1.807, 2.05) is 3.28 Å². The van der Waals surface area contributed by atoms with Crippen molar-refractivity contribution in [1.82, 2.24) is 0 Å². The first kappa shape index (κ1) is 28.6. The third-order valence-electron chi connectivity index (χ3n) is 7.98. The quantitative estimate of drug-likeness (QED) is 0.452. The number of fused-ring (bicyclic) bond motifs is 6. The maximum absolute atomic E-state index is 2.61. The topological polar surface area (TPSA) is 0 Å². The van der Waals surface area contributed by atoms with Gasteiger partial charge in [0.05, 0.1) is 0 Å². The summed E-state index contributed by atoms with van der Waals surface area (Å²) in [6.07, 6.45) is 22.6. The zero-order valence-electron chi connectivity index (χ0n) is 22.1. The van der Waals surface area contributed by atoms with Crippen LogP contribution in [0.3, 0.4) is 0 Å². The minimum atomic E-state index is -2.25. The van der Waals surface area contributed by atoms with Gasteiger partial charge in [0.2, 0.25) is 0 Å².